The number of pyridine rings is 1. The average molecular weight is 353 g/mol. The van der Waals surface area contributed by atoms with Crippen LogP contribution in [0.3, 0.4) is 0 Å². The average Bonchev–Trinajstić information content (AvgIpc) is 2.72. The number of amides is 1. The van der Waals surface area contributed by atoms with Crippen LogP contribution in [0.4, 0.5) is 5.82 Å². The van der Waals surface area contributed by atoms with Crippen molar-refractivity contribution < 1.29 is 9.53 Å². The van der Waals surface area contributed by atoms with Gasteiger partial charge in [-0.1, -0.05) is 6.07 Å². The number of rotatable bonds is 4. The summed E-state index contributed by atoms with van der Waals surface area (Å²) in [5, 5.41) is 0. The largest absolute Gasteiger partial charge is 0.378 e. The topological polar surface area (TPSA) is 71.5 Å². The van der Waals surface area contributed by atoms with Gasteiger partial charge in [-0.2, -0.15) is 0 Å². The number of fused-ring (bicyclic) bond motifs is 1. The summed E-state index contributed by atoms with van der Waals surface area (Å²) < 4.78 is 5.43. The van der Waals surface area contributed by atoms with Gasteiger partial charge in [-0.3, -0.25) is 9.78 Å². The Labute approximate surface area is 153 Å². The Balaban J connectivity index is 1.42. The SMILES string of the molecule is O=C(CCc1ccccn1)N1CCc2c(ncnc2N2CCOCC2)C1. The van der Waals surface area contributed by atoms with E-state index in [0.29, 0.717) is 19.4 Å². The second kappa shape index (κ2) is 7.78. The third-order valence-electron chi connectivity index (χ3n) is 4.97. The number of aryl methyl sites for hydroxylation is 1. The maximum atomic E-state index is 12.6. The van der Waals surface area contributed by atoms with Gasteiger partial charge in [-0.05, 0) is 25.0 Å². The first kappa shape index (κ1) is 16.9. The quantitative estimate of drug-likeness (QED) is 0.823. The third kappa shape index (κ3) is 3.67. The lowest BCUT2D eigenvalue weighted by atomic mass is 10.0. The van der Waals surface area contributed by atoms with Crippen LogP contribution in [-0.4, -0.2) is 58.6 Å². The Morgan fingerprint density at radius 3 is 2.81 bits per heavy atom. The molecule has 0 unspecified atom stereocenters. The summed E-state index contributed by atoms with van der Waals surface area (Å²) in [5.41, 5.74) is 3.11. The van der Waals surface area contributed by atoms with Crippen LogP contribution in [0.5, 0.6) is 0 Å². The van der Waals surface area contributed by atoms with Crippen LogP contribution < -0.4 is 4.90 Å². The van der Waals surface area contributed by atoms with Gasteiger partial charge in [0, 0.05) is 43.5 Å². The molecule has 0 spiro atoms. The van der Waals surface area contributed by atoms with Crippen molar-refractivity contribution in [2.75, 3.05) is 37.7 Å². The molecule has 136 valence electrons. The minimum atomic E-state index is 0.160. The zero-order valence-corrected chi connectivity index (χ0v) is 14.8. The number of carbonyl (C=O) groups excluding carboxylic acids is 1. The highest BCUT2D eigenvalue weighted by Gasteiger charge is 2.26. The van der Waals surface area contributed by atoms with Gasteiger partial charge in [-0.15, -0.1) is 0 Å². The summed E-state index contributed by atoms with van der Waals surface area (Å²) in [7, 11) is 0. The minimum Gasteiger partial charge on any atom is -0.378 e. The molecule has 0 saturated carbocycles. The molecule has 0 aromatic carbocycles. The number of hydrogen-bond acceptors (Lipinski definition) is 6. The molecular weight excluding hydrogens is 330 g/mol. The molecule has 2 aliphatic rings. The van der Waals surface area contributed by atoms with Gasteiger partial charge in [-0.25, -0.2) is 9.97 Å². The van der Waals surface area contributed by atoms with E-state index < -0.39 is 0 Å². The Morgan fingerprint density at radius 1 is 1.12 bits per heavy atom. The van der Waals surface area contributed by atoms with Crippen molar-refractivity contribution in [3.63, 3.8) is 0 Å². The smallest absolute Gasteiger partial charge is 0.223 e. The summed E-state index contributed by atoms with van der Waals surface area (Å²) in [4.78, 5) is 30.0. The number of hydrogen-bond donors (Lipinski definition) is 0. The standard InChI is InChI=1S/C19H23N5O2/c25-18(5-4-15-3-1-2-7-20-15)24-8-6-16-17(13-24)21-14-22-19(16)23-9-11-26-12-10-23/h1-3,7,14H,4-6,8-13H2. The van der Waals surface area contributed by atoms with Gasteiger partial charge in [0.15, 0.2) is 0 Å². The van der Waals surface area contributed by atoms with E-state index in [4.69, 9.17) is 4.74 Å². The van der Waals surface area contributed by atoms with Crippen molar-refractivity contribution in [1.29, 1.82) is 0 Å². The third-order valence-corrected chi connectivity index (χ3v) is 4.97. The van der Waals surface area contributed by atoms with E-state index in [2.05, 4.69) is 19.9 Å². The first-order chi connectivity index (χ1) is 12.8. The lowest BCUT2D eigenvalue weighted by Crippen LogP contribution is -2.40. The molecule has 0 radical (unpaired) electrons. The molecule has 7 nitrogen and oxygen atoms in total. The fourth-order valence-electron chi connectivity index (χ4n) is 3.54. The summed E-state index contributed by atoms with van der Waals surface area (Å²) in [6.07, 6.45) is 5.34. The number of ether oxygens (including phenoxy) is 1. The Hall–Kier alpha value is -2.54. The van der Waals surface area contributed by atoms with Crippen LogP contribution >= 0.6 is 0 Å². The van der Waals surface area contributed by atoms with E-state index in [1.54, 1.807) is 12.5 Å². The molecule has 2 aromatic rings. The maximum Gasteiger partial charge on any atom is 0.223 e. The van der Waals surface area contributed by atoms with Crippen molar-refractivity contribution in [1.82, 2.24) is 19.9 Å². The normalized spacial score (nSPS) is 17.1. The van der Waals surface area contributed by atoms with E-state index in [1.807, 2.05) is 23.1 Å². The number of nitrogens with zero attached hydrogens (tertiary/aromatic N) is 5. The molecule has 1 amide bonds. The molecule has 1 fully saturated rings. The molecule has 2 aliphatic heterocycles. The molecule has 0 N–H and O–H groups in total. The molecule has 0 aliphatic carbocycles. The molecule has 7 heteroatoms. The zero-order valence-electron chi connectivity index (χ0n) is 14.8. The first-order valence-electron chi connectivity index (χ1n) is 9.14. The predicted molar refractivity (Wildman–Crippen MR) is 96.7 cm³/mol. The zero-order chi connectivity index (χ0) is 17.8. The minimum absolute atomic E-state index is 0.160. The molecule has 2 aromatic heterocycles. The van der Waals surface area contributed by atoms with E-state index in [9.17, 15) is 4.79 Å². The fourth-order valence-corrected chi connectivity index (χ4v) is 3.54. The second-order valence-corrected chi connectivity index (χ2v) is 6.61. The van der Waals surface area contributed by atoms with Crippen LogP contribution in [-0.2, 0) is 28.9 Å². The van der Waals surface area contributed by atoms with Crippen LogP contribution in [0.1, 0.15) is 23.4 Å². The summed E-state index contributed by atoms with van der Waals surface area (Å²) >= 11 is 0. The van der Waals surface area contributed by atoms with Crippen LogP contribution in [0, 0.1) is 0 Å². The van der Waals surface area contributed by atoms with E-state index >= 15 is 0 Å². The number of aromatic nitrogens is 3. The van der Waals surface area contributed by atoms with Crippen LogP contribution in [0.15, 0.2) is 30.7 Å². The lowest BCUT2D eigenvalue weighted by Gasteiger charge is -2.33. The molecule has 0 bridgehead atoms. The lowest BCUT2D eigenvalue weighted by molar-refractivity contribution is -0.132. The number of morpholine rings is 1. The van der Waals surface area contributed by atoms with Crippen molar-refractivity contribution in [3.05, 3.63) is 47.7 Å². The molecule has 0 atom stereocenters. The molecule has 26 heavy (non-hydrogen) atoms. The van der Waals surface area contributed by atoms with Gasteiger partial charge < -0.3 is 14.5 Å². The van der Waals surface area contributed by atoms with Gasteiger partial charge >= 0.3 is 0 Å². The molecule has 4 heterocycles. The molecule has 4 rings (SSSR count). The highest BCUT2D eigenvalue weighted by Crippen LogP contribution is 2.26. The monoisotopic (exact) mass is 353 g/mol. The Kier molecular flexibility index (Phi) is 5.06. The Morgan fingerprint density at radius 2 is 2.00 bits per heavy atom. The number of carbonyl (C=O) groups is 1. The van der Waals surface area contributed by atoms with Crippen molar-refractivity contribution in [2.24, 2.45) is 0 Å². The highest BCUT2D eigenvalue weighted by molar-refractivity contribution is 5.76. The maximum absolute atomic E-state index is 12.6. The van der Waals surface area contributed by atoms with Crippen LogP contribution in [0.2, 0.25) is 0 Å². The van der Waals surface area contributed by atoms with Crippen molar-refractivity contribution in [2.45, 2.75) is 25.8 Å². The highest BCUT2D eigenvalue weighted by atomic mass is 16.5. The van der Waals surface area contributed by atoms with Crippen molar-refractivity contribution in [3.8, 4) is 0 Å². The first-order valence-corrected chi connectivity index (χ1v) is 9.14. The Bertz CT molecular complexity index is 762. The fraction of sp³-hybridized carbons (Fsp3) is 0.474. The van der Waals surface area contributed by atoms with Crippen molar-refractivity contribution >= 4 is 11.7 Å². The summed E-state index contributed by atoms with van der Waals surface area (Å²) in [6.45, 7) is 4.47. The van der Waals surface area contributed by atoms with Gasteiger partial charge in [0.25, 0.3) is 0 Å². The van der Waals surface area contributed by atoms with Gasteiger partial charge in [0.2, 0.25) is 5.91 Å². The number of anilines is 1. The van der Waals surface area contributed by atoms with Gasteiger partial charge in [0.1, 0.15) is 12.1 Å². The molecular formula is C19H23N5O2. The van der Waals surface area contributed by atoms with E-state index in [-0.39, 0.29) is 5.91 Å². The van der Waals surface area contributed by atoms with Gasteiger partial charge in [0.05, 0.1) is 25.5 Å². The van der Waals surface area contributed by atoms with E-state index in [1.165, 1.54) is 5.56 Å². The summed E-state index contributed by atoms with van der Waals surface area (Å²) in [6, 6.07) is 5.80. The van der Waals surface area contributed by atoms with Crippen LogP contribution in [0.25, 0.3) is 0 Å². The molecule has 1 saturated heterocycles. The predicted octanol–water partition coefficient (Wildman–Crippen LogP) is 1.23. The second-order valence-electron chi connectivity index (χ2n) is 6.61. The van der Waals surface area contributed by atoms with E-state index in [0.717, 1.165) is 56.5 Å². The summed E-state index contributed by atoms with van der Waals surface area (Å²) in [5.74, 6) is 1.17.